The van der Waals surface area contributed by atoms with E-state index in [2.05, 4.69) is 18.7 Å². The summed E-state index contributed by atoms with van der Waals surface area (Å²) in [6.45, 7) is 5.53. The van der Waals surface area contributed by atoms with Crippen LogP contribution in [0, 0.1) is 11.8 Å². The molecule has 0 amide bonds. The Labute approximate surface area is 122 Å². The third-order valence-corrected chi connectivity index (χ3v) is 4.35. The van der Waals surface area contributed by atoms with E-state index in [1.54, 1.807) is 0 Å². The van der Waals surface area contributed by atoms with Crippen LogP contribution >= 0.6 is 0 Å². The molecule has 1 saturated heterocycles. The third-order valence-electron chi connectivity index (χ3n) is 4.35. The second-order valence-electron chi connectivity index (χ2n) is 5.87. The highest BCUT2D eigenvalue weighted by atomic mass is 16.7. The normalized spacial score (nSPS) is 31.4. The lowest BCUT2D eigenvalue weighted by Gasteiger charge is -2.24. The van der Waals surface area contributed by atoms with Crippen LogP contribution in [0.4, 0.5) is 0 Å². The van der Waals surface area contributed by atoms with Crippen LogP contribution in [0.15, 0.2) is 24.8 Å². The summed E-state index contributed by atoms with van der Waals surface area (Å²) < 4.78 is 11.3. The fraction of sp³-hybridized carbons (Fsp3) is 0.765. The zero-order valence-corrected chi connectivity index (χ0v) is 12.4. The zero-order valence-electron chi connectivity index (χ0n) is 12.4. The molecule has 1 heterocycles. The average Bonchev–Trinajstić information content (AvgIpc) is 2.90. The van der Waals surface area contributed by atoms with Gasteiger partial charge in [-0.1, -0.05) is 24.6 Å². The first-order valence-electron chi connectivity index (χ1n) is 8.01. The van der Waals surface area contributed by atoms with Crippen molar-refractivity contribution in [2.45, 2.75) is 57.3 Å². The first-order chi connectivity index (χ1) is 9.81. The molecule has 0 radical (unpaired) electrons. The van der Waals surface area contributed by atoms with Crippen molar-refractivity contribution >= 4 is 0 Å². The molecule has 0 saturated carbocycles. The van der Waals surface area contributed by atoms with Gasteiger partial charge < -0.3 is 14.6 Å². The number of aliphatic hydroxyl groups is 1. The van der Waals surface area contributed by atoms with E-state index in [-0.39, 0.29) is 18.3 Å². The van der Waals surface area contributed by atoms with Crippen LogP contribution in [-0.2, 0) is 9.47 Å². The molecule has 2 unspecified atom stereocenters. The molecule has 0 aromatic carbocycles. The van der Waals surface area contributed by atoms with E-state index in [0.717, 1.165) is 51.7 Å². The number of aliphatic hydroxyl groups excluding tert-OH is 1. The molecular formula is C17H28O3. The molecule has 1 aliphatic heterocycles. The van der Waals surface area contributed by atoms with Crippen molar-refractivity contribution in [2.75, 3.05) is 13.2 Å². The number of unbranched alkanes of at least 4 members (excludes halogenated alkanes) is 1. The van der Waals surface area contributed by atoms with Gasteiger partial charge in [0.05, 0.1) is 6.10 Å². The maximum atomic E-state index is 9.91. The molecule has 1 N–H and O–H groups in total. The molecule has 0 aromatic rings. The standard InChI is InChI=1S/C17H28O3/c1-2-14(15-9-7-10-16(15)18)8-3-5-12-19-17-11-4-6-13-20-17/h2,7,9,14-18H,1,3-6,8,10-13H2/t14?,15-,16-,17?/m0/s1. The maximum absolute atomic E-state index is 9.91. The van der Waals surface area contributed by atoms with Crippen LogP contribution in [0.3, 0.4) is 0 Å². The molecule has 114 valence electrons. The Bertz CT molecular complexity index is 307. The summed E-state index contributed by atoms with van der Waals surface area (Å²) in [6, 6.07) is 0. The van der Waals surface area contributed by atoms with Crippen molar-refractivity contribution in [3.63, 3.8) is 0 Å². The Kier molecular flexibility index (Phi) is 6.77. The molecule has 0 spiro atoms. The van der Waals surface area contributed by atoms with Crippen molar-refractivity contribution in [1.29, 1.82) is 0 Å². The highest BCUT2D eigenvalue weighted by Crippen LogP contribution is 2.30. The van der Waals surface area contributed by atoms with Crippen molar-refractivity contribution in [1.82, 2.24) is 0 Å². The molecule has 20 heavy (non-hydrogen) atoms. The first-order valence-corrected chi connectivity index (χ1v) is 8.01. The van der Waals surface area contributed by atoms with Crippen LogP contribution in [0.25, 0.3) is 0 Å². The van der Waals surface area contributed by atoms with Crippen LogP contribution < -0.4 is 0 Å². The van der Waals surface area contributed by atoms with Gasteiger partial charge in [-0.25, -0.2) is 0 Å². The monoisotopic (exact) mass is 280 g/mol. The largest absolute Gasteiger partial charge is 0.392 e. The highest BCUT2D eigenvalue weighted by molar-refractivity contribution is 5.07. The van der Waals surface area contributed by atoms with Crippen molar-refractivity contribution in [3.8, 4) is 0 Å². The van der Waals surface area contributed by atoms with E-state index in [9.17, 15) is 5.11 Å². The molecule has 4 atom stereocenters. The van der Waals surface area contributed by atoms with Gasteiger partial charge in [0.25, 0.3) is 0 Å². The molecule has 0 aromatic heterocycles. The van der Waals surface area contributed by atoms with Gasteiger partial charge in [0.1, 0.15) is 0 Å². The van der Waals surface area contributed by atoms with Crippen LogP contribution in [0.1, 0.15) is 44.9 Å². The van der Waals surface area contributed by atoms with Crippen LogP contribution in [0.5, 0.6) is 0 Å². The highest BCUT2D eigenvalue weighted by Gasteiger charge is 2.26. The second-order valence-corrected chi connectivity index (χ2v) is 5.87. The third kappa shape index (κ3) is 4.72. The van der Waals surface area contributed by atoms with E-state index in [1.807, 2.05) is 6.08 Å². The van der Waals surface area contributed by atoms with E-state index in [4.69, 9.17) is 9.47 Å². The summed E-state index contributed by atoms with van der Waals surface area (Å²) in [6.07, 6.45) is 13.5. The lowest BCUT2D eigenvalue weighted by Crippen LogP contribution is -2.23. The average molecular weight is 280 g/mol. The molecule has 1 aliphatic carbocycles. The Hall–Kier alpha value is -0.640. The summed E-state index contributed by atoms with van der Waals surface area (Å²) in [4.78, 5) is 0. The van der Waals surface area contributed by atoms with Crippen molar-refractivity contribution in [3.05, 3.63) is 24.8 Å². The number of hydrogen-bond acceptors (Lipinski definition) is 3. The quantitative estimate of drug-likeness (QED) is 0.547. The van der Waals surface area contributed by atoms with Crippen molar-refractivity contribution in [2.24, 2.45) is 11.8 Å². The van der Waals surface area contributed by atoms with E-state index < -0.39 is 0 Å². The fourth-order valence-electron chi connectivity index (χ4n) is 3.10. The second kappa shape index (κ2) is 8.60. The van der Waals surface area contributed by atoms with Gasteiger partial charge in [-0.2, -0.15) is 0 Å². The number of ether oxygens (including phenoxy) is 2. The summed E-state index contributed by atoms with van der Waals surface area (Å²) in [5.41, 5.74) is 0. The minimum Gasteiger partial charge on any atom is -0.392 e. The maximum Gasteiger partial charge on any atom is 0.157 e. The topological polar surface area (TPSA) is 38.7 Å². The van der Waals surface area contributed by atoms with Gasteiger partial charge in [-0.05, 0) is 44.4 Å². The van der Waals surface area contributed by atoms with Crippen LogP contribution in [-0.4, -0.2) is 30.7 Å². The molecule has 1 fully saturated rings. The molecule has 2 rings (SSSR count). The first kappa shape index (κ1) is 15.7. The van der Waals surface area contributed by atoms with Gasteiger partial charge in [-0.3, -0.25) is 0 Å². The molecule has 3 nitrogen and oxygen atoms in total. The summed E-state index contributed by atoms with van der Waals surface area (Å²) in [7, 11) is 0. The smallest absolute Gasteiger partial charge is 0.157 e. The summed E-state index contributed by atoms with van der Waals surface area (Å²) >= 11 is 0. The molecule has 3 heteroatoms. The molecular weight excluding hydrogens is 252 g/mol. The molecule has 2 aliphatic rings. The predicted octanol–water partition coefficient (Wildman–Crippen LogP) is 3.44. The minimum absolute atomic E-state index is 0.0264. The van der Waals surface area contributed by atoms with E-state index in [1.165, 1.54) is 6.42 Å². The number of hydrogen-bond donors (Lipinski definition) is 1. The van der Waals surface area contributed by atoms with Gasteiger partial charge in [0.2, 0.25) is 0 Å². The Morgan fingerprint density at radius 1 is 1.40 bits per heavy atom. The van der Waals surface area contributed by atoms with Gasteiger partial charge in [0, 0.05) is 19.1 Å². The SMILES string of the molecule is C=CC(CCCCOC1CCCCO1)[C@@H]1C=CC[C@@H]1O. The van der Waals surface area contributed by atoms with Gasteiger partial charge in [-0.15, -0.1) is 6.58 Å². The molecule has 0 bridgehead atoms. The fourth-order valence-corrected chi connectivity index (χ4v) is 3.10. The Morgan fingerprint density at radius 2 is 2.30 bits per heavy atom. The lowest BCUT2D eigenvalue weighted by molar-refractivity contribution is -0.162. The van der Waals surface area contributed by atoms with Crippen LogP contribution in [0.2, 0.25) is 0 Å². The van der Waals surface area contributed by atoms with E-state index >= 15 is 0 Å². The predicted molar refractivity (Wildman–Crippen MR) is 80.3 cm³/mol. The Morgan fingerprint density at radius 3 is 2.95 bits per heavy atom. The number of rotatable bonds is 8. The Balaban J connectivity index is 1.57. The van der Waals surface area contributed by atoms with Crippen molar-refractivity contribution < 1.29 is 14.6 Å². The minimum atomic E-state index is -0.218. The number of allylic oxidation sites excluding steroid dienone is 1. The summed E-state index contributed by atoms with van der Waals surface area (Å²) in [5.74, 6) is 0.643. The lowest BCUT2D eigenvalue weighted by atomic mass is 9.86. The van der Waals surface area contributed by atoms with Gasteiger partial charge >= 0.3 is 0 Å². The van der Waals surface area contributed by atoms with E-state index in [0.29, 0.717) is 5.92 Å². The van der Waals surface area contributed by atoms with Gasteiger partial charge in [0.15, 0.2) is 6.29 Å². The summed E-state index contributed by atoms with van der Waals surface area (Å²) in [5, 5.41) is 9.91. The zero-order chi connectivity index (χ0) is 14.2.